The van der Waals surface area contributed by atoms with Crippen molar-refractivity contribution in [1.82, 2.24) is 0 Å². The Balaban J connectivity index is 1.91. The molecule has 0 amide bonds. The van der Waals surface area contributed by atoms with E-state index in [2.05, 4.69) is 13.2 Å². The van der Waals surface area contributed by atoms with E-state index in [9.17, 15) is 14.4 Å². The van der Waals surface area contributed by atoms with E-state index in [-0.39, 0.29) is 6.61 Å². The van der Waals surface area contributed by atoms with Crippen LogP contribution in [0.1, 0.15) is 37.8 Å². The Morgan fingerprint density at radius 2 is 1.57 bits per heavy atom. The number of aryl methyl sites for hydroxylation is 2. The maximum Gasteiger partial charge on any atom is 0.344 e. The zero-order chi connectivity index (χ0) is 26.9. The van der Waals surface area contributed by atoms with Crippen LogP contribution in [0, 0.1) is 0 Å². The minimum absolute atomic E-state index is 0.242. The van der Waals surface area contributed by atoms with E-state index in [0.717, 1.165) is 29.4 Å². The van der Waals surface area contributed by atoms with Gasteiger partial charge in [-0.1, -0.05) is 31.4 Å². The molecule has 0 aliphatic rings. The monoisotopic (exact) mass is 504 g/mol. The van der Waals surface area contributed by atoms with Gasteiger partial charge in [-0.3, -0.25) is 0 Å². The third-order valence-electron chi connectivity index (χ3n) is 5.68. The van der Waals surface area contributed by atoms with Gasteiger partial charge in [-0.05, 0) is 80.5 Å². The molecule has 7 nitrogen and oxygen atoms in total. The molecule has 0 saturated heterocycles. The zero-order valence-corrected chi connectivity index (χ0v) is 21.6. The molecule has 0 aliphatic carbocycles. The molecule has 7 heteroatoms. The van der Waals surface area contributed by atoms with Gasteiger partial charge in [0, 0.05) is 30.2 Å². The largest absolute Gasteiger partial charge is 0.462 e. The highest BCUT2D eigenvalue weighted by molar-refractivity contribution is 5.89. The van der Waals surface area contributed by atoms with Gasteiger partial charge < -0.3 is 18.6 Å². The topological polar surface area (TPSA) is 92.0 Å². The van der Waals surface area contributed by atoms with Gasteiger partial charge in [0.05, 0.1) is 12.2 Å². The molecule has 0 radical (unpaired) electrons. The van der Waals surface area contributed by atoms with Gasteiger partial charge in [0.2, 0.25) is 0 Å². The number of fused-ring (bicyclic) bond motifs is 1. The Labute approximate surface area is 216 Å². The highest BCUT2D eigenvalue weighted by Gasteiger charge is 2.14. The first-order valence-corrected chi connectivity index (χ1v) is 12.1. The quantitative estimate of drug-likeness (QED) is 0.105. The number of rotatable bonds is 12. The molecule has 1 aromatic heterocycles. The Morgan fingerprint density at radius 1 is 0.892 bits per heavy atom. The van der Waals surface area contributed by atoms with E-state index in [0.29, 0.717) is 53.1 Å². The van der Waals surface area contributed by atoms with Crippen LogP contribution in [0.25, 0.3) is 22.1 Å². The Kier molecular flexibility index (Phi) is 9.57. The summed E-state index contributed by atoms with van der Waals surface area (Å²) >= 11 is 0. The predicted octanol–water partition coefficient (Wildman–Crippen LogP) is 5.57. The van der Waals surface area contributed by atoms with Gasteiger partial charge in [-0.15, -0.1) is 0 Å². The van der Waals surface area contributed by atoms with Gasteiger partial charge in [0.15, 0.2) is 0 Å². The molecule has 0 bridgehead atoms. The molecule has 0 saturated carbocycles. The van der Waals surface area contributed by atoms with Crippen LogP contribution >= 0.6 is 0 Å². The highest BCUT2D eigenvalue weighted by Crippen LogP contribution is 2.27. The van der Waals surface area contributed by atoms with Crippen LogP contribution in [0.4, 0.5) is 0 Å². The van der Waals surface area contributed by atoms with Crippen molar-refractivity contribution < 1.29 is 28.2 Å². The van der Waals surface area contributed by atoms with Gasteiger partial charge in [-0.25, -0.2) is 14.4 Å². The van der Waals surface area contributed by atoms with E-state index < -0.39 is 17.6 Å². The summed E-state index contributed by atoms with van der Waals surface area (Å²) in [6.45, 7) is 11.2. The Hall–Kier alpha value is -3.97. The number of hydrogen-bond donors (Lipinski definition) is 0. The normalized spacial score (nSPS) is 10.8. The van der Waals surface area contributed by atoms with E-state index in [1.54, 1.807) is 45.2 Å². The molecular weight excluding hydrogens is 472 g/mol. The van der Waals surface area contributed by atoms with Crippen LogP contribution in [0.2, 0.25) is 0 Å². The van der Waals surface area contributed by atoms with Crippen LogP contribution in [0.3, 0.4) is 0 Å². The van der Waals surface area contributed by atoms with Crippen molar-refractivity contribution in [2.24, 2.45) is 0 Å². The Morgan fingerprint density at radius 3 is 2.22 bits per heavy atom. The zero-order valence-electron chi connectivity index (χ0n) is 21.6. The van der Waals surface area contributed by atoms with Gasteiger partial charge in [0.1, 0.15) is 11.3 Å². The lowest BCUT2D eigenvalue weighted by Crippen LogP contribution is -2.08. The molecule has 3 aromatic rings. The first kappa shape index (κ1) is 27.6. The fourth-order valence-corrected chi connectivity index (χ4v) is 3.77. The van der Waals surface area contributed by atoms with Gasteiger partial charge in [-0.2, -0.15) is 0 Å². The number of ether oxygens (including phenoxy) is 3. The molecular formula is C30H32O7. The maximum atomic E-state index is 13.0. The van der Waals surface area contributed by atoms with Crippen molar-refractivity contribution in [2.75, 3.05) is 20.3 Å². The summed E-state index contributed by atoms with van der Waals surface area (Å²) in [6.07, 6.45) is 2.80. The second-order valence-electron chi connectivity index (χ2n) is 8.93. The minimum Gasteiger partial charge on any atom is -0.462 e. The fourth-order valence-electron chi connectivity index (χ4n) is 3.77. The molecule has 0 atom stereocenters. The van der Waals surface area contributed by atoms with Crippen LogP contribution in [0.15, 0.2) is 76.0 Å². The van der Waals surface area contributed by atoms with E-state index >= 15 is 0 Å². The van der Waals surface area contributed by atoms with Gasteiger partial charge >= 0.3 is 17.6 Å². The third-order valence-corrected chi connectivity index (χ3v) is 5.68. The van der Waals surface area contributed by atoms with Crippen LogP contribution in [-0.2, 0) is 31.9 Å². The SMILES string of the molecule is C=C(C)C(=O)OCCCc1cc(CCCOC)cc2cc(-c3ccc(OC(=O)C(=C)C)cc3)c(=O)oc12. The summed E-state index contributed by atoms with van der Waals surface area (Å²) in [5.74, 6) is -0.576. The minimum atomic E-state index is -0.513. The highest BCUT2D eigenvalue weighted by atomic mass is 16.5. The molecule has 0 aliphatic heterocycles. The molecule has 0 unspecified atom stereocenters. The number of methoxy groups -OCH3 is 1. The van der Waals surface area contributed by atoms with Crippen LogP contribution < -0.4 is 10.4 Å². The predicted molar refractivity (Wildman–Crippen MR) is 143 cm³/mol. The molecule has 0 N–H and O–H groups in total. The second kappa shape index (κ2) is 12.8. The van der Waals surface area contributed by atoms with Crippen molar-refractivity contribution in [3.8, 4) is 16.9 Å². The first-order chi connectivity index (χ1) is 17.7. The second-order valence-corrected chi connectivity index (χ2v) is 8.93. The number of hydrogen-bond acceptors (Lipinski definition) is 7. The molecule has 194 valence electrons. The van der Waals surface area contributed by atoms with Crippen molar-refractivity contribution >= 4 is 22.9 Å². The van der Waals surface area contributed by atoms with Crippen molar-refractivity contribution in [3.63, 3.8) is 0 Å². The summed E-state index contributed by atoms with van der Waals surface area (Å²) in [5.41, 5.74) is 3.71. The summed E-state index contributed by atoms with van der Waals surface area (Å²) < 4.78 is 21.4. The van der Waals surface area contributed by atoms with E-state index in [1.807, 2.05) is 18.2 Å². The molecule has 1 heterocycles. The summed E-state index contributed by atoms with van der Waals surface area (Å²) in [5, 5.41) is 0.802. The summed E-state index contributed by atoms with van der Waals surface area (Å²) in [4.78, 5) is 36.4. The lowest BCUT2D eigenvalue weighted by Gasteiger charge is -2.11. The standard InChI is InChI=1S/C30H32O7/c1-19(2)28(31)35-15-7-9-23-16-21(8-6-14-34-5)17-24-18-26(30(33)37-27(23)24)22-10-12-25(13-11-22)36-29(32)20(3)4/h10-13,16-18H,1,3,6-9,14-15H2,2,4-5H3. The van der Waals surface area contributed by atoms with E-state index in [4.69, 9.17) is 18.6 Å². The molecule has 2 aromatic carbocycles. The Bertz CT molecular complexity index is 1360. The molecule has 0 fully saturated rings. The first-order valence-electron chi connectivity index (χ1n) is 12.1. The smallest absolute Gasteiger partial charge is 0.344 e. The van der Waals surface area contributed by atoms with Crippen molar-refractivity contribution in [1.29, 1.82) is 0 Å². The number of carbonyl (C=O) groups is 2. The number of carbonyl (C=O) groups excluding carboxylic acids is 2. The van der Waals surface area contributed by atoms with Crippen LogP contribution in [0.5, 0.6) is 5.75 Å². The summed E-state index contributed by atoms with van der Waals surface area (Å²) in [7, 11) is 1.67. The van der Waals surface area contributed by atoms with Crippen molar-refractivity contribution in [2.45, 2.75) is 39.5 Å². The van der Waals surface area contributed by atoms with Gasteiger partial charge in [0.25, 0.3) is 0 Å². The fraction of sp³-hybridized carbons (Fsp3) is 0.300. The average molecular weight is 505 g/mol. The average Bonchev–Trinajstić information content (AvgIpc) is 2.87. The maximum absolute atomic E-state index is 13.0. The number of benzene rings is 2. The van der Waals surface area contributed by atoms with Crippen LogP contribution in [-0.4, -0.2) is 32.3 Å². The molecule has 37 heavy (non-hydrogen) atoms. The number of esters is 2. The summed E-state index contributed by atoms with van der Waals surface area (Å²) in [6, 6.07) is 12.5. The lowest BCUT2D eigenvalue weighted by atomic mass is 9.98. The van der Waals surface area contributed by atoms with E-state index in [1.165, 1.54) is 0 Å². The molecule has 3 rings (SSSR count). The molecule has 0 spiro atoms. The van der Waals surface area contributed by atoms with Crippen molar-refractivity contribution in [3.05, 3.63) is 88.3 Å². The lowest BCUT2D eigenvalue weighted by molar-refractivity contribution is -0.139. The third kappa shape index (κ3) is 7.51.